The fraction of sp³-hybridized carbons (Fsp3) is 0.700. The summed E-state index contributed by atoms with van der Waals surface area (Å²) < 4.78 is 4.55. The zero-order valence-corrected chi connectivity index (χ0v) is 8.67. The van der Waals surface area contributed by atoms with E-state index in [2.05, 4.69) is 10.1 Å². The molecule has 4 nitrogen and oxygen atoms in total. The molecule has 0 aromatic carbocycles. The fourth-order valence-corrected chi connectivity index (χ4v) is 1.21. The molecule has 0 atom stereocenters. The Hall–Kier alpha value is -0.870. The van der Waals surface area contributed by atoms with E-state index < -0.39 is 0 Å². The Morgan fingerprint density at radius 3 is 2.71 bits per heavy atom. The number of aliphatic hydroxyl groups is 1. The minimum Gasteiger partial charge on any atom is -0.466 e. The average Bonchev–Trinajstić information content (AvgIpc) is 2.97. The maximum atomic E-state index is 11.0. The van der Waals surface area contributed by atoms with Gasteiger partial charge in [-0.1, -0.05) is 6.08 Å². The topological polar surface area (TPSA) is 58.6 Å². The van der Waals surface area contributed by atoms with Crippen LogP contribution in [0.1, 0.15) is 19.8 Å². The normalized spacial score (nSPS) is 19.2. The van der Waals surface area contributed by atoms with E-state index in [0.29, 0.717) is 12.1 Å². The van der Waals surface area contributed by atoms with Gasteiger partial charge in [-0.05, 0) is 19.8 Å². The smallest absolute Gasteiger partial charge is 0.333 e. The van der Waals surface area contributed by atoms with Gasteiger partial charge in [-0.15, -0.1) is 0 Å². The lowest BCUT2D eigenvalue weighted by Gasteiger charge is -2.12. The zero-order valence-electron chi connectivity index (χ0n) is 8.67. The van der Waals surface area contributed by atoms with Gasteiger partial charge >= 0.3 is 5.97 Å². The minimum absolute atomic E-state index is 0.0765. The summed E-state index contributed by atoms with van der Waals surface area (Å²) in [5, 5.41) is 12.2. The van der Waals surface area contributed by atoms with E-state index in [9.17, 15) is 4.79 Å². The largest absolute Gasteiger partial charge is 0.466 e. The predicted octanol–water partition coefficient (Wildman–Crippen LogP) is 0.220. The van der Waals surface area contributed by atoms with E-state index in [1.807, 2.05) is 0 Å². The lowest BCUT2D eigenvalue weighted by atomic mass is 10.2. The molecule has 0 aromatic rings. The number of methoxy groups -OCH3 is 1. The first-order chi connectivity index (χ1) is 6.63. The van der Waals surface area contributed by atoms with Crippen LogP contribution in [0.2, 0.25) is 0 Å². The molecule has 1 aliphatic carbocycles. The maximum absolute atomic E-state index is 11.0. The quantitative estimate of drug-likeness (QED) is 0.491. The van der Waals surface area contributed by atoms with Crippen molar-refractivity contribution in [3.8, 4) is 0 Å². The predicted molar refractivity (Wildman–Crippen MR) is 52.8 cm³/mol. The van der Waals surface area contributed by atoms with Crippen molar-refractivity contribution >= 4 is 5.97 Å². The summed E-state index contributed by atoms with van der Waals surface area (Å²) in [6.07, 6.45) is 3.80. The molecule has 1 fully saturated rings. The summed E-state index contributed by atoms with van der Waals surface area (Å²) in [5.41, 5.74) is 0.515. The molecule has 80 valence electrons. The lowest BCUT2D eigenvalue weighted by molar-refractivity contribution is -0.136. The summed E-state index contributed by atoms with van der Waals surface area (Å²) in [5.74, 6) is -0.305. The number of carbonyl (C=O) groups is 1. The van der Waals surface area contributed by atoms with Crippen LogP contribution in [0.4, 0.5) is 0 Å². The molecule has 1 rings (SSSR count). The van der Waals surface area contributed by atoms with Crippen molar-refractivity contribution in [2.75, 3.05) is 20.3 Å². The van der Waals surface area contributed by atoms with Crippen LogP contribution in [-0.4, -0.2) is 36.9 Å². The van der Waals surface area contributed by atoms with E-state index in [4.69, 9.17) is 5.11 Å². The number of aliphatic hydroxyl groups excluding tert-OH is 1. The van der Waals surface area contributed by atoms with E-state index in [1.54, 1.807) is 13.0 Å². The molecule has 0 heterocycles. The summed E-state index contributed by atoms with van der Waals surface area (Å²) in [4.78, 5) is 11.0. The fourth-order valence-electron chi connectivity index (χ4n) is 1.21. The lowest BCUT2D eigenvalue weighted by Crippen LogP contribution is -2.34. The SMILES string of the molecule is COC(=O)C(C)=CCNC1(CO)CC1. The van der Waals surface area contributed by atoms with Gasteiger partial charge in [-0.3, -0.25) is 0 Å². The van der Waals surface area contributed by atoms with Crippen molar-refractivity contribution in [2.24, 2.45) is 0 Å². The number of rotatable bonds is 5. The molecule has 0 unspecified atom stereocenters. The van der Waals surface area contributed by atoms with Crippen molar-refractivity contribution in [1.29, 1.82) is 0 Å². The van der Waals surface area contributed by atoms with Gasteiger partial charge in [0.15, 0.2) is 0 Å². The number of esters is 1. The number of hydrogen-bond donors (Lipinski definition) is 2. The molecule has 0 aliphatic heterocycles. The number of carbonyl (C=O) groups excluding carboxylic acids is 1. The number of hydrogen-bond acceptors (Lipinski definition) is 4. The standard InChI is InChI=1S/C10H17NO3/c1-8(9(13)14-2)3-6-11-10(7-12)4-5-10/h3,11-12H,4-7H2,1-2H3. The molecule has 14 heavy (non-hydrogen) atoms. The Balaban J connectivity index is 2.29. The van der Waals surface area contributed by atoms with Crippen LogP contribution in [0.5, 0.6) is 0 Å². The van der Waals surface area contributed by atoms with E-state index >= 15 is 0 Å². The average molecular weight is 199 g/mol. The molecule has 2 N–H and O–H groups in total. The summed E-state index contributed by atoms with van der Waals surface area (Å²) in [6.45, 7) is 2.48. The molecule has 1 saturated carbocycles. The Bertz CT molecular complexity index is 244. The molecule has 0 spiro atoms. The van der Waals surface area contributed by atoms with Crippen LogP contribution in [0.15, 0.2) is 11.6 Å². The molecule has 1 aliphatic rings. The first-order valence-corrected chi connectivity index (χ1v) is 4.74. The first-order valence-electron chi connectivity index (χ1n) is 4.74. The Morgan fingerprint density at radius 2 is 2.29 bits per heavy atom. The van der Waals surface area contributed by atoms with Gasteiger partial charge in [0.05, 0.1) is 13.7 Å². The summed E-state index contributed by atoms with van der Waals surface area (Å²) in [7, 11) is 1.36. The Morgan fingerprint density at radius 1 is 1.64 bits per heavy atom. The van der Waals surface area contributed by atoms with E-state index in [1.165, 1.54) is 7.11 Å². The molecular weight excluding hydrogens is 182 g/mol. The van der Waals surface area contributed by atoms with Crippen LogP contribution >= 0.6 is 0 Å². The second kappa shape index (κ2) is 4.57. The molecule has 0 saturated heterocycles. The number of ether oxygens (including phenoxy) is 1. The van der Waals surface area contributed by atoms with Crippen molar-refractivity contribution < 1.29 is 14.6 Å². The van der Waals surface area contributed by atoms with Gasteiger partial charge in [-0.2, -0.15) is 0 Å². The van der Waals surface area contributed by atoms with Crippen LogP contribution in [-0.2, 0) is 9.53 Å². The van der Waals surface area contributed by atoms with Crippen LogP contribution in [0.25, 0.3) is 0 Å². The Kier molecular flexibility index (Phi) is 3.66. The van der Waals surface area contributed by atoms with Crippen molar-refractivity contribution in [2.45, 2.75) is 25.3 Å². The maximum Gasteiger partial charge on any atom is 0.333 e. The van der Waals surface area contributed by atoms with Crippen LogP contribution < -0.4 is 5.32 Å². The third-order valence-electron chi connectivity index (χ3n) is 2.55. The molecular formula is C10H17NO3. The highest BCUT2D eigenvalue weighted by atomic mass is 16.5. The van der Waals surface area contributed by atoms with Crippen molar-refractivity contribution in [3.05, 3.63) is 11.6 Å². The summed E-state index contributed by atoms with van der Waals surface area (Å²) in [6, 6.07) is 0. The molecule has 0 amide bonds. The van der Waals surface area contributed by atoms with E-state index in [-0.39, 0.29) is 18.1 Å². The molecule has 0 aromatic heterocycles. The second-order valence-electron chi connectivity index (χ2n) is 3.70. The summed E-state index contributed by atoms with van der Waals surface area (Å²) >= 11 is 0. The number of nitrogens with one attached hydrogen (secondary N) is 1. The van der Waals surface area contributed by atoms with Crippen LogP contribution in [0.3, 0.4) is 0 Å². The minimum atomic E-state index is -0.305. The molecule has 4 heteroatoms. The highest BCUT2D eigenvalue weighted by Gasteiger charge is 2.40. The molecule has 0 bridgehead atoms. The van der Waals surface area contributed by atoms with Gasteiger partial charge < -0.3 is 15.2 Å². The van der Waals surface area contributed by atoms with Gasteiger partial charge in [0.25, 0.3) is 0 Å². The third kappa shape index (κ3) is 2.82. The second-order valence-corrected chi connectivity index (χ2v) is 3.70. The third-order valence-corrected chi connectivity index (χ3v) is 2.55. The van der Waals surface area contributed by atoms with Crippen molar-refractivity contribution in [1.82, 2.24) is 5.32 Å². The van der Waals surface area contributed by atoms with Gasteiger partial charge in [-0.25, -0.2) is 4.79 Å². The van der Waals surface area contributed by atoms with Gasteiger partial charge in [0.1, 0.15) is 0 Å². The monoisotopic (exact) mass is 199 g/mol. The highest BCUT2D eigenvalue weighted by Crippen LogP contribution is 2.34. The Labute approximate surface area is 83.9 Å². The first kappa shape index (κ1) is 11.2. The molecule has 0 radical (unpaired) electrons. The zero-order chi connectivity index (χ0) is 10.6. The van der Waals surface area contributed by atoms with Gasteiger partial charge in [0, 0.05) is 17.7 Å². The van der Waals surface area contributed by atoms with E-state index in [0.717, 1.165) is 12.8 Å². The highest BCUT2D eigenvalue weighted by molar-refractivity contribution is 5.87. The van der Waals surface area contributed by atoms with Gasteiger partial charge in [0.2, 0.25) is 0 Å². The van der Waals surface area contributed by atoms with Crippen molar-refractivity contribution in [3.63, 3.8) is 0 Å². The van der Waals surface area contributed by atoms with Crippen LogP contribution in [0, 0.1) is 0 Å².